The van der Waals surface area contributed by atoms with E-state index in [-0.39, 0.29) is 5.92 Å². The van der Waals surface area contributed by atoms with Crippen LogP contribution in [0.15, 0.2) is 30.3 Å². The molecule has 0 bridgehead atoms. The van der Waals surface area contributed by atoms with Gasteiger partial charge in [0.05, 0.1) is 12.0 Å². The summed E-state index contributed by atoms with van der Waals surface area (Å²) in [5, 5.41) is 9.32. The summed E-state index contributed by atoms with van der Waals surface area (Å²) in [6, 6.07) is 13.5. The third-order valence-electron chi connectivity index (χ3n) is 3.99. The van der Waals surface area contributed by atoms with E-state index in [1.54, 1.807) is 0 Å². The van der Waals surface area contributed by atoms with Crippen molar-refractivity contribution in [2.24, 2.45) is 5.92 Å². The van der Waals surface area contributed by atoms with E-state index in [0.29, 0.717) is 6.04 Å². The Kier molecular flexibility index (Phi) is 4.78. The van der Waals surface area contributed by atoms with Crippen molar-refractivity contribution in [3.63, 3.8) is 0 Å². The van der Waals surface area contributed by atoms with Gasteiger partial charge in [0.1, 0.15) is 0 Å². The molecule has 0 amide bonds. The van der Waals surface area contributed by atoms with Gasteiger partial charge in [-0.1, -0.05) is 49.6 Å². The Balaban J connectivity index is 2.02. The Morgan fingerprint density at radius 1 is 1.17 bits per heavy atom. The summed E-state index contributed by atoms with van der Waals surface area (Å²) in [4.78, 5) is 2.37. The summed E-state index contributed by atoms with van der Waals surface area (Å²) in [5.41, 5.74) is 1.33. The quantitative estimate of drug-likeness (QED) is 0.757. The number of benzene rings is 1. The molecular weight excluding hydrogens is 220 g/mol. The maximum atomic E-state index is 9.32. The van der Waals surface area contributed by atoms with Crippen LogP contribution in [-0.4, -0.2) is 18.0 Å². The van der Waals surface area contributed by atoms with Gasteiger partial charge in [0.2, 0.25) is 0 Å². The maximum Gasteiger partial charge on any atom is 0.0672 e. The lowest BCUT2D eigenvalue weighted by atomic mass is 9.95. The average Bonchev–Trinajstić information content (AvgIpc) is 2.64. The molecule has 0 heterocycles. The molecule has 0 aromatic heterocycles. The molecule has 2 unspecified atom stereocenters. The van der Waals surface area contributed by atoms with Gasteiger partial charge in [-0.15, -0.1) is 0 Å². The molecule has 1 saturated carbocycles. The normalized spacial score (nSPS) is 24.5. The lowest BCUT2D eigenvalue weighted by Gasteiger charge is -2.30. The van der Waals surface area contributed by atoms with Crippen LogP contribution in [0.25, 0.3) is 0 Å². The number of nitrogens with zero attached hydrogens (tertiary/aromatic N) is 2. The van der Waals surface area contributed by atoms with Crippen molar-refractivity contribution in [3.05, 3.63) is 35.9 Å². The Bertz CT molecular complexity index is 393. The second-order valence-electron chi connectivity index (χ2n) is 5.34. The molecule has 2 rings (SSSR count). The molecule has 2 nitrogen and oxygen atoms in total. The lowest BCUT2D eigenvalue weighted by molar-refractivity contribution is 0.183. The van der Waals surface area contributed by atoms with Crippen LogP contribution in [0.5, 0.6) is 0 Å². The molecule has 1 aromatic rings. The molecule has 96 valence electrons. The molecule has 1 aliphatic carbocycles. The molecule has 1 fully saturated rings. The van der Waals surface area contributed by atoms with Crippen LogP contribution in [0.4, 0.5) is 0 Å². The van der Waals surface area contributed by atoms with Crippen LogP contribution in [0.3, 0.4) is 0 Å². The molecule has 0 aliphatic heterocycles. The van der Waals surface area contributed by atoms with Crippen molar-refractivity contribution in [1.29, 1.82) is 5.26 Å². The molecule has 0 saturated heterocycles. The van der Waals surface area contributed by atoms with Gasteiger partial charge in [-0.3, -0.25) is 4.90 Å². The molecule has 2 atom stereocenters. The standard InChI is InChI=1S/C16H22N2/c1-18(13-14-8-4-2-5-9-14)16-11-7-3-6-10-15(16)12-17/h2,4-5,8-9,15-16H,3,6-7,10-11,13H2,1H3. The third-order valence-corrected chi connectivity index (χ3v) is 3.99. The summed E-state index contributed by atoms with van der Waals surface area (Å²) in [5.74, 6) is 0.209. The number of nitriles is 1. The minimum Gasteiger partial charge on any atom is -0.298 e. The van der Waals surface area contributed by atoms with Gasteiger partial charge < -0.3 is 0 Å². The molecule has 18 heavy (non-hydrogen) atoms. The first kappa shape index (κ1) is 13.1. The highest BCUT2D eigenvalue weighted by Gasteiger charge is 2.26. The molecular formula is C16H22N2. The highest BCUT2D eigenvalue weighted by atomic mass is 15.1. The zero-order chi connectivity index (χ0) is 12.8. The number of hydrogen-bond donors (Lipinski definition) is 0. The molecule has 0 spiro atoms. The van der Waals surface area contributed by atoms with Gasteiger partial charge in [0, 0.05) is 12.6 Å². The second-order valence-corrected chi connectivity index (χ2v) is 5.34. The highest BCUT2D eigenvalue weighted by Crippen LogP contribution is 2.27. The van der Waals surface area contributed by atoms with E-state index in [1.165, 1.54) is 31.2 Å². The Morgan fingerprint density at radius 3 is 2.61 bits per heavy atom. The van der Waals surface area contributed by atoms with Gasteiger partial charge in [-0.2, -0.15) is 5.26 Å². The zero-order valence-corrected chi connectivity index (χ0v) is 11.2. The van der Waals surface area contributed by atoms with E-state index in [4.69, 9.17) is 0 Å². The van der Waals surface area contributed by atoms with E-state index >= 15 is 0 Å². The first-order valence-corrected chi connectivity index (χ1v) is 6.95. The van der Waals surface area contributed by atoms with Gasteiger partial charge >= 0.3 is 0 Å². The van der Waals surface area contributed by atoms with Crippen molar-refractivity contribution >= 4 is 0 Å². The molecule has 1 aliphatic rings. The summed E-state index contributed by atoms with van der Waals surface area (Å²) < 4.78 is 0. The Labute approximate surface area is 110 Å². The predicted octanol–water partition coefficient (Wildman–Crippen LogP) is 3.59. The summed E-state index contributed by atoms with van der Waals surface area (Å²) in [6.07, 6.45) is 6.01. The van der Waals surface area contributed by atoms with E-state index in [9.17, 15) is 5.26 Å². The van der Waals surface area contributed by atoms with Gasteiger partial charge in [0.25, 0.3) is 0 Å². The molecule has 2 heteroatoms. The smallest absolute Gasteiger partial charge is 0.0672 e. The van der Waals surface area contributed by atoms with E-state index < -0.39 is 0 Å². The maximum absolute atomic E-state index is 9.32. The first-order chi connectivity index (χ1) is 8.81. The second kappa shape index (κ2) is 6.56. The molecule has 0 radical (unpaired) electrons. The van der Waals surface area contributed by atoms with Crippen molar-refractivity contribution in [3.8, 4) is 6.07 Å². The zero-order valence-electron chi connectivity index (χ0n) is 11.2. The van der Waals surface area contributed by atoms with Crippen molar-refractivity contribution in [2.45, 2.75) is 44.7 Å². The number of rotatable bonds is 3. The van der Waals surface area contributed by atoms with Crippen LogP contribution in [-0.2, 0) is 6.54 Å². The summed E-state index contributed by atoms with van der Waals surface area (Å²) in [7, 11) is 2.16. The van der Waals surface area contributed by atoms with Crippen LogP contribution in [0, 0.1) is 17.2 Å². The number of hydrogen-bond acceptors (Lipinski definition) is 2. The minimum absolute atomic E-state index is 0.209. The lowest BCUT2D eigenvalue weighted by Crippen LogP contribution is -2.36. The predicted molar refractivity (Wildman–Crippen MR) is 73.9 cm³/mol. The summed E-state index contributed by atoms with van der Waals surface area (Å²) in [6.45, 7) is 0.948. The minimum atomic E-state index is 0.209. The fraction of sp³-hybridized carbons (Fsp3) is 0.562. The largest absolute Gasteiger partial charge is 0.298 e. The van der Waals surface area contributed by atoms with Crippen molar-refractivity contribution in [1.82, 2.24) is 4.90 Å². The van der Waals surface area contributed by atoms with E-state index in [1.807, 2.05) is 6.07 Å². The SMILES string of the molecule is CN(Cc1ccccc1)C1CCCCCC1C#N. The topological polar surface area (TPSA) is 27.0 Å². The molecule has 0 N–H and O–H groups in total. The van der Waals surface area contributed by atoms with Crippen molar-refractivity contribution in [2.75, 3.05) is 7.05 Å². The Morgan fingerprint density at radius 2 is 1.89 bits per heavy atom. The fourth-order valence-corrected chi connectivity index (χ4v) is 2.95. The van der Waals surface area contributed by atoms with Gasteiger partial charge in [-0.05, 0) is 25.5 Å². The van der Waals surface area contributed by atoms with Gasteiger partial charge in [0.15, 0.2) is 0 Å². The summed E-state index contributed by atoms with van der Waals surface area (Å²) >= 11 is 0. The van der Waals surface area contributed by atoms with Crippen LogP contribution in [0.1, 0.15) is 37.7 Å². The molecule has 1 aromatic carbocycles. The van der Waals surface area contributed by atoms with Crippen LogP contribution >= 0.6 is 0 Å². The highest BCUT2D eigenvalue weighted by molar-refractivity contribution is 5.14. The van der Waals surface area contributed by atoms with Gasteiger partial charge in [-0.25, -0.2) is 0 Å². The Hall–Kier alpha value is -1.33. The van der Waals surface area contributed by atoms with E-state index in [2.05, 4.69) is 42.3 Å². The first-order valence-electron chi connectivity index (χ1n) is 6.95. The average molecular weight is 242 g/mol. The fourth-order valence-electron chi connectivity index (χ4n) is 2.95. The van der Waals surface area contributed by atoms with Crippen LogP contribution < -0.4 is 0 Å². The van der Waals surface area contributed by atoms with Crippen LogP contribution in [0.2, 0.25) is 0 Å². The van der Waals surface area contributed by atoms with Crippen molar-refractivity contribution < 1.29 is 0 Å². The third kappa shape index (κ3) is 3.34. The monoisotopic (exact) mass is 242 g/mol. The van der Waals surface area contributed by atoms with E-state index in [0.717, 1.165) is 13.0 Å².